The molecule has 1 fully saturated rings. The van der Waals surface area contributed by atoms with E-state index in [1.807, 2.05) is 0 Å². The van der Waals surface area contributed by atoms with Gasteiger partial charge < -0.3 is 14.5 Å². The highest BCUT2D eigenvalue weighted by atomic mass is 16.5. The third-order valence-corrected chi connectivity index (χ3v) is 3.64. The summed E-state index contributed by atoms with van der Waals surface area (Å²) in [5.74, 6) is -0.121. The van der Waals surface area contributed by atoms with Gasteiger partial charge in [0.05, 0.1) is 12.7 Å². The molecule has 1 rings (SSSR count). The number of allylic oxidation sites excluding steroid dienone is 1. The molecule has 5 nitrogen and oxygen atoms in total. The highest BCUT2D eigenvalue weighted by Gasteiger charge is 2.26. The Labute approximate surface area is 127 Å². The number of hydrogen-bond acceptors (Lipinski definition) is 4. The van der Waals surface area contributed by atoms with E-state index in [9.17, 15) is 9.59 Å². The van der Waals surface area contributed by atoms with Gasteiger partial charge in [0.1, 0.15) is 6.29 Å². The summed E-state index contributed by atoms with van der Waals surface area (Å²) < 4.78 is 5.74. The molecule has 0 bridgehead atoms. The Bertz CT molecular complexity index is 414. The first-order chi connectivity index (χ1) is 10.0. The standard InChI is InChI=1S/C16H26N2O3/c1-5-17(6-2)10-15-11-18(7-8-21-15)16(20)14(4)9-13(3)12-19/h9,12,15H,4-8,10-11H2,1-3H3/b13-9-. The van der Waals surface area contributed by atoms with Crippen molar-refractivity contribution in [3.05, 3.63) is 23.8 Å². The quantitative estimate of drug-likeness (QED) is 0.403. The van der Waals surface area contributed by atoms with Crippen molar-refractivity contribution in [1.29, 1.82) is 0 Å². The number of hydrogen-bond donors (Lipinski definition) is 0. The molecule has 1 heterocycles. The highest BCUT2D eigenvalue weighted by molar-refractivity contribution is 5.96. The van der Waals surface area contributed by atoms with Gasteiger partial charge in [-0.05, 0) is 31.7 Å². The van der Waals surface area contributed by atoms with Crippen LogP contribution in [0.25, 0.3) is 0 Å². The van der Waals surface area contributed by atoms with Crippen LogP contribution < -0.4 is 0 Å². The van der Waals surface area contributed by atoms with Gasteiger partial charge in [-0.1, -0.05) is 20.4 Å². The minimum atomic E-state index is -0.121. The van der Waals surface area contributed by atoms with Crippen LogP contribution in [0.15, 0.2) is 23.8 Å². The van der Waals surface area contributed by atoms with E-state index in [2.05, 4.69) is 25.3 Å². The molecule has 0 aromatic rings. The lowest BCUT2D eigenvalue weighted by atomic mass is 10.1. The van der Waals surface area contributed by atoms with Gasteiger partial charge in [0.2, 0.25) is 0 Å². The van der Waals surface area contributed by atoms with Gasteiger partial charge in [-0.3, -0.25) is 9.59 Å². The predicted octanol–water partition coefficient (Wildman–Crippen LogP) is 1.26. The molecule has 0 saturated carbocycles. The lowest BCUT2D eigenvalue weighted by Crippen LogP contribution is -2.49. The van der Waals surface area contributed by atoms with Crippen LogP contribution in [0.5, 0.6) is 0 Å². The Hall–Kier alpha value is -1.46. The first kappa shape index (κ1) is 17.6. The van der Waals surface area contributed by atoms with Crippen LogP contribution in [0.2, 0.25) is 0 Å². The highest BCUT2D eigenvalue weighted by Crippen LogP contribution is 2.11. The number of carbonyl (C=O) groups excluding carboxylic acids is 2. The minimum Gasteiger partial charge on any atom is -0.373 e. The molecule has 0 aliphatic carbocycles. The number of carbonyl (C=O) groups is 2. The second kappa shape index (κ2) is 8.74. The lowest BCUT2D eigenvalue weighted by molar-refractivity contribution is -0.135. The summed E-state index contributed by atoms with van der Waals surface area (Å²) in [6, 6.07) is 0. The van der Waals surface area contributed by atoms with Gasteiger partial charge in [0, 0.05) is 25.2 Å². The third-order valence-electron chi connectivity index (χ3n) is 3.64. The molecule has 1 unspecified atom stereocenters. The maximum atomic E-state index is 12.3. The fourth-order valence-corrected chi connectivity index (χ4v) is 2.36. The SMILES string of the molecule is C=C(/C=C(/C)C=O)C(=O)N1CCOC(CN(CC)CC)C1. The Balaban J connectivity index is 2.61. The maximum absolute atomic E-state index is 12.3. The van der Waals surface area contributed by atoms with E-state index in [0.29, 0.717) is 30.8 Å². The molecule has 0 aromatic carbocycles. The summed E-state index contributed by atoms with van der Waals surface area (Å²) in [4.78, 5) is 27.0. The van der Waals surface area contributed by atoms with Crippen LogP contribution >= 0.6 is 0 Å². The number of rotatable bonds is 7. The second-order valence-corrected chi connectivity index (χ2v) is 5.26. The zero-order valence-corrected chi connectivity index (χ0v) is 13.3. The molecule has 0 N–H and O–H groups in total. The summed E-state index contributed by atoms with van der Waals surface area (Å²) in [6.07, 6.45) is 2.29. The zero-order chi connectivity index (χ0) is 15.8. The Kier molecular flexibility index (Phi) is 7.32. The molecule has 0 radical (unpaired) electrons. The first-order valence-corrected chi connectivity index (χ1v) is 7.47. The Morgan fingerprint density at radius 2 is 2.10 bits per heavy atom. The van der Waals surface area contributed by atoms with Crippen molar-refractivity contribution >= 4 is 12.2 Å². The Morgan fingerprint density at radius 3 is 2.67 bits per heavy atom. The summed E-state index contributed by atoms with van der Waals surface area (Å²) in [6.45, 7) is 14.1. The molecular formula is C16H26N2O3. The summed E-state index contributed by atoms with van der Waals surface area (Å²) in [5, 5.41) is 0. The summed E-state index contributed by atoms with van der Waals surface area (Å²) in [7, 11) is 0. The van der Waals surface area contributed by atoms with Crippen molar-refractivity contribution < 1.29 is 14.3 Å². The molecule has 1 aliphatic rings. The van der Waals surface area contributed by atoms with Crippen LogP contribution in [-0.2, 0) is 14.3 Å². The molecule has 0 aromatic heterocycles. The Morgan fingerprint density at radius 1 is 1.43 bits per heavy atom. The predicted molar refractivity (Wildman–Crippen MR) is 83.1 cm³/mol. The molecule has 21 heavy (non-hydrogen) atoms. The second-order valence-electron chi connectivity index (χ2n) is 5.26. The van der Waals surface area contributed by atoms with Crippen molar-refractivity contribution in [3.63, 3.8) is 0 Å². The fraction of sp³-hybridized carbons (Fsp3) is 0.625. The molecule has 118 valence electrons. The topological polar surface area (TPSA) is 49.9 Å². The molecule has 1 atom stereocenters. The van der Waals surface area contributed by atoms with Crippen LogP contribution in [0.3, 0.4) is 0 Å². The number of morpholine rings is 1. The van der Waals surface area contributed by atoms with Crippen molar-refractivity contribution in [3.8, 4) is 0 Å². The maximum Gasteiger partial charge on any atom is 0.253 e. The number of aldehydes is 1. The van der Waals surface area contributed by atoms with Gasteiger partial charge in [-0.25, -0.2) is 0 Å². The first-order valence-electron chi connectivity index (χ1n) is 7.47. The van der Waals surface area contributed by atoms with Crippen LogP contribution in [0.4, 0.5) is 0 Å². The zero-order valence-electron chi connectivity index (χ0n) is 13.3. The number of ether oxygens (including phenoxy) is 1. The van der Waals surface area contributed by atoms with Crippen molar-refractivity contribution in [2.75, 3.05) is 39.3 Å². The smallest absolute Gasteiger partial charge is 0.253 e. The van der Waals surface area contributed by atoms with Gasteiger partial charge in [0.25, 0.3) is 5.91 Å². The third kappa shape index (κ3) is 5.44. The van der Waals surface area contributed by atoms with E-state index < -0.39 is 0 Å². The minimum absolute atomic E-state index is 0.0338. The molecule has 5 heteroatoms. The summed E-state index contributed by atoms with van der Waals surface area (Å²) in [5.41, 5.74) is 0.851. The normalized spacial score (nSPS) is 19.7. The average molecular weight is 294 g/mol. The van der Waals surface area contributed by atoms with Crippen molar-refractivity contribution in [2.45, 2.75) is 26.9 Å². The van der Waals surface area contributed by atoms with Crippen LogP contribution in [0.1, 0.15) is 20.8 Å². The molecule has 1 amide bonds. The van der Waals surface area contributed by atoms with E-state index in [1.165, 1.54) is 6.08 Å². The van der Waals surface area contributed by atoms with E-state index in [1.54, 1.807) is 11.8 Å². The number of likely N-dealkylation sites (N-methyl/N-ethyl adjacent to an activating group) is 1. The molecular weight excluding hydrogens is 268 g/mol. The largest absolute Gasteiger partial charge is 0.373 e. The molecule has 1 aliphatic heterocycles. The number of nitrogens with zero attached hydrogens (tertiary/aromatic N) is 2. The van der Waals surface area contributed by atoms with Crippen LogP contribution in [0, 0.1) is 0 Å². The monoisotopic (exact) mass is 294 g/mol. The van der Waals surface area contributed by atoms with E-state index in [0.717, 1.165) is 25.9 Å². The van der Waals surface area contributed by atoms with Gasteiger partial charge in [-0.15, -0.1) is 0 Å². The van der Waals surface area contributed by atoms with E-state index >= 15 is 0 Å². The fourth-order valence-electron chi connectivity index (χ4n) is 2.36. The molecule has 1 saturated heterocycles. The van der Waals surface area contributed by atoms with E-state index in [-0.39, 0.29) is 12.0 Å². The van der Waals surface area contributed by atoms with Gasteiger partial charge in [0.15, 0.2) is 0 Å². The average Bonchev–Trinajstić information content (AvgIpc) is 2.51. The van der Waals surface area contributed by atoms with Crippen molar-refractivity contribution in [1.82, 2.24) is 9.80 Å². The molecule has 0 spiro atoms. The van der Waals surface area contributed by atoms with Gasteiger partial charge in [-0.2, -0.15) is 0 Å². The van der Waals surface area contributed by atoms with E-state index in [4.69, 9.17) is 4.74 Å². The summed E-state index contributed by atoms with van der Waals surface area (Å²) >= 11 is 0. The number of amides is 1. The van der Waals surface area contributed by atoms with Crippen LogP contribution in [-0.4, -0.2) is 67.4 Å². The van der Waals surface area contributed by atoms with Gasteiger partial charge >= 0.3 is 0 Å². The van der Waals surface area contributed by atoms with Crippen molar-refractivity contribution in [2.24, 2.45) is 0 Å². The lowest BCUT2D eigenvalue weighted by Gasteiger charge is -2.35.